The molecule has 0 aliphatic carbocycles. The Hall–Kier alpha value is -0.950. The van der Waals surface area contributed by atoms with Crippen molar-refractivity contribution in [2.24, 2.45) is 0 Å². The average Bonchev–Trinajstić information content (AvgIpc) is 2.91. The van der Waals surface area contributed by atoms with Gasteiger partial charge in [-0.3, -0.25) is 0 Å². The van der Waals surface area contributed by atoms with Crippen molar-refractivity contribution in [3.8, 4) is 0 Å². The molecule has 1 aromatic carbocycles. The molecule has 0 radical (unpaired) electrons. The fourth-order valence-electron chi connectivity index (χ4n) is 1.36. The number of fused-ring (bicyclic) bond motifs is 1. The summed E-state index contributed by atoms with van der Waals surface area (Å²) in [5, 5.41) is 6.58. The molecule has 17 heavy (non-hydrogen) atoms. The molecule has 0 amide bonds. The van der Waals surface area contributed by atoms with Crippen molar-refractivity contribution >= 4 is 68.1 Å². The van der Waals surface area contributed by atoms with Gasteiger partial charge in [0.2, 0.25) is 0 Å². The van der Waals surface area contributed by atoms with Crippen molar-refractivity contribution in [1.29, 1.82) is 0 Å². The number of nitrogens with one attached hydrogen (secondary N) is 1. The second kappa shape index (κ2) is 4.38. The molecule has 8 heteroatoms. The van der Waals surface area contributed by atoms with Gasteiger partial charge in [0.15, 0.2) is 5.13 Å². The standard InChI is InChI=1S/C9H4Cl2N4S2/c10-4-1-2-5-8(15-17-14-5)7(4)13-9-12-6(11)3-16-9/h1-3H,(H,12,13). The molecule has 0 atom stereocenters. The highest BCUT2D eigenvalue weighted by Crippen LogP contribution is 2.33. The predicted octanol–water partition coefficient (Wildman–Crippen LogP) is 4.20. The van der Waals surface area contributed by atoms with Crippen molar-refractivity contribution in [2.75, 3.05) is 5.32 Å². The maximum atomic E-state index is 6.14. The molecule has 86 valence electrons. The SMILES string of the molecule is Clc1csc(Nc2c(Cl)ccc3nsnc23)n1. The largest absolute Gasteiger partial charge is 0.328 e. The molecule has 0 bridgehead atoms. The molecule has 0 saturated carbocycles. The molecule has 2 heterocycles. The molecule has 0 spiro atoms. The Kier molecular flexibility index (Phi) is 2.87. The van der Waals surface area contributed by atoms with Crippen molar-refractivity contribution in [1.82, 2.24) is 13.7 Å². The molecule has 4 nitrogen and oxygen atoms in total. The van der Waals surface area contributed by atoms with Crippen molar-refractivity contribution < 1.29 is 0 Å². The zero-order valence-corrected chi connectivity index (χ0v) is 11.3. The summed E-state index contributed by atoms with van der Waals surface area (Å²) in [5.41, 5.74) is 2.27. The van der Waals surface area contributed by atoms with Crippen LogP contribution >= 0.6 is 46.3 Å². The number of hydrogen-bond acceptors (Lipinski definition) is 6. The molecule has 0 saturated heterocycles. The molecular weight excluding hydrogens is 299 g/mol. The van der Waals surface area contributed by atoms with Crippen LogP contribution in [-0.2, 0) is 0 Å². The average molecular weight is 303 g/mol. The Morgan fingerprint density at radius 3 is 2.82 bits per heavy atom. The lowest BCUT2D eigenvalue weighted by atomic mass is 10.2. The third-order valence-corrected chi connectivity index (χ3v) is 4.02. The lowest BCUT2D eigenvalue weighted by molar-refractivity contribution is 1.39. The summed E-state index contributed by atoms with van der Waals surface area (Å²) in [6.45, 7) is 0. The van der Waals surface area contributed by atoms with Crippen LogP contribution in [-0.4, -0.2) is 13.7 Å². The molecule has 3 rings (SSSR count). The third-order valence-electron chi connectivity index (χ3n) is 2.09. The van der Waals surface area contributed by atoms with E-state index in [2.05, 4.69) is 19.0 Å². The maximum absolute atomic E-state index is 6.14. The van der Waals surface area contributed by atoms with Gasteiger partial charge in [0.25, 0.3) is 0 Å². The van der Waals surface area contributed by atoms with Crippen molar-refractivity contribution in [2.45, 2.75) is 0 Å². The van der Waals surface area contributed by atoms with Crippen LogP contribution in [0.25, 0.3) is 11.0 Å². The number of thiazole rings is 1. The number of benzene rings is 1. The van der Waals surface area contributed by atoms with Crippen LogP contribution in [0.1, 0.15) is 0 Å². The first-order valence-electron chi connectivity index (χ1n) is 4.53. The van der Waals surface area contributed by atoms with Crippen LogP contribution in [0.5, 0.6) is 0 Å². The van der Waals surface area contributed by atoms with Crippen molar-refractivity contribution in [3.05, 3.63) is 27.7 Å². The first kappa shape index (κ1) is 11.2. The van der Waals surface area contributed by atoms with E-state index in [4.69, 9.17) is 23.2 Å². The van der Waals surface area contributed by atoms with Gasteiger partial charge in [0.1, 0.15) is 16.2 Å². The summed E-state index contributed by atoms with van der Waals surface area (Å²) in [7, 11) is 0. The van der Waals surface area contributed by atoms with Crippen LogP contribution in [0.3, 0.4) is 0 Å². The van der Waals surface area contributed by atoms with Crippen LogP contribution in [0.4, 0.5) is 10.8 Å². The Bertz CT molecular complexity index is 678. The number of hydrogen-bond donors (Lipinski definition) is 1. The van der Waals surface area contributed by atoms with E-state index in [1.54, 1.807) is 11.4 Å². The van der Waals surface area contributed by atoms with E-state index in [0.29, 0.717) is 21.0 Å². The second-order valence-corrected chi connectivity index (χ2v) is 5.34. The minimum atomic E-state index is 0.456. The summed E-state index contributed by atoms with van der Waals surface area (Å²) in [4.78, 5) is 4.11. The van der Waals surface area contributed by atoms with Crippen molar-refractivity contribution in [3.63, 3.8) is 0 Å². The third kappa shape index (κ3) is 2.09. The smallest absolute Gasteiger partial charge is 0.188 e. The van der Waals surface area contributed by atoms with Crippen LogP contribution in [0.2, 0.25) is 10.2 Å². The number of rotatable bonds is 2. The highest BCUT2D eigenvalue weighted by atomic mass is 35.5. The Morgan fingerprint density at radius 2 is 2.06 bits per heavy atom. The van der Waals surface area contributed by atoms with Gasteiger partial charge in [-0.15, -0.1) is 11.3 Å². The molecule has 0 unspecified atom stereocenters. The highest BCUT2D eigenvalue weighted by Gasteiger charge is 2.11. The van der Waals surface area contributed by atoms with E-state index in [-0.39, 0.29) is 0 Å². The minimum absolute atomic E-state index is 0.456. The van der Waals surface area contributed by atoms with E-state index in [1.165, 1.54) is 11.3 Å². The van der Waals surface area contributed by atoms with Gasteiger partial charge in [-0.2, -0.15) is 8.75 Å². The van der Waals surface area contributed by atoms with E-state index >= 15 is 0 Å². The van der Waals surface area contributed by atoms with Gasteiger partial charge in [-0.25, -0.2) is 4.98 Å². The van der Waals surface area contributed by atoms with Crippen LogP contribution < -0.4 is 5.32 Å². The minimum Gasteiger partial charge on any atom is -0.328 e. The highest BCUT2D eigenvalue weighted by molar-refractivity contribution is 7.14. The molecule has 1 N–H and O–H groups in total. The van der Waals surface area contributed by atoms with E-state index in [1.807, 2.05) is 6.07 Å². The number of anilines is 2. The molecular formula is C9H4Cl2N4S2. The quantitative estimate of drug-likeness (QED) is 0.771. The molecule has 0 aliphatic heterocycles. The Balaban J connectivity index is 2.09. The van der Waals surface area contributed by atoms with Gasteiger partial charge in [0, 0.05) is 5.38 Å². The second-order valence-electron chi connectivity index (χ2n) is 3.15. The fraction of sp³-hybridized carbons (Fsp3) is 0. The fourth-order valence-corrected chi connectivity index (χ4v) is 2.95. The summed E-state index contributed by atoms with van der Waals surface area (Å²) >= 11 is 14.5. The lowest BCUT2D eigenvalue weighted by Gasteiger charge is -2.04. The Morgan fingerprint density at radius 1 is 1.18 bits per heavy atom. The van der Waals surface area contributed by atoms with Crippen LogP contribution in [0, 0.1) is 0 Å². The van der Waals surface area contributed by atoms with Gasteiger partial charge < -0.3 is 5.32 Å². The monoisotopic (exact) mass is 302 g/mol. The molecule has 2 aromatic heterocycles. The van der Waals surface area contributed by atoms with Gasteiger partial charge in [-0.1, -0.05) is 23.2 Å². The topological polar surface area (TPSA) is 50.7 Å². The first-order valence-corrected chi connectivity index (χ1v) is 6.89. The van der Waals surface area contributed by atoms with E-state index in [9.17, 15) is 0 Å². The maximum Gasteiger partial charge on any atom is 0.188 e. The normalized spacial score (nSPS) is 10.9. The zero-order chi connectivity index (χ0) is 11.8. The van der Waals surface area contributed by atoms with Crippen LogP contribution in [0.15, 0.2) is 17.5 Å². The first-order chi connectivity index (χ1) is 8.24. The summed E-state index contributed by atoms with van der Waals surface area (Å²) in [5.74, 6) is 0. The number of aromatic nitrogens is 3. The zero-order valence-electron chi connectivity index (χ0n) is 8.15. The predicted molar refractivity (Wildman–Crippen MR) is 72.8 cm³/mol. The lowest BCUT2D eigenvalue weighted by Crippen LogP contribution is -1.91. The summed E-state index contributed by atoms with van der Waals surface area (Å²) in [6, 6.07) is 3.62. The number of nitrogens with zero attached hydrogens (tertiary/aromatic N) is 3. The number of halogens is 2. The summed E-state index contributed by atoms with van der Waals surface area (Å²) < 4.78 is 8.37. The molecule has 0 fully saturated rings. The van der Waals surface area contributed by atoms with E-state index < -0.39 is 0 Å². The van der Waals surface area contributed by atoms with E-state index in [0.717, 1.165) is 22.8 Å². The summed E-state index contributed by atoms with van der Waals surface area (Å²) in [6.07, 6.45) is 0. The van der Waals surface area contributed by atoms with Gasteiger partial charge in [0.05, 0.1) is 22.4 Å². The van der Waals surface area contributed by atoms with Gasteiger partial charge in [-0.05, 0) is 12.1 Å². The molecule has 0 aliphatic rings. The molecule has 3 aromatic rings. The Labute approximate surface area is 115 Å². The van der Waals surface area contributed by atoms with Gasteiger partial charge >= 0.3 is 0 Å².